The third-order valence-corrected chi connectivity index (χ3v) is 5.15. The van der Waals surface area contributed by atoms with Crippen LogP contribution < -0.4 is 9.80 Å². The molecule has 0 heterocycles. The lowest BCUT2D eigenvalue weighted by Gasteiger charge is -2.25. The standard InChI is InChI=1S/C23H34N2/c1-7-10-23(19-11-13-20(14-12-19)24(5)6)22-16-15-21(17-18(22)4)25(8-2)9-3/h11-17,23H,7-10H2,1-6H3. The van der Waals surface area contributed by atoms with Crippen LogP contribution in [0.1, 0.15) is 56.2 Å². The summed E-state index contributed by atoms with van der Waals surface area (Å²) in [6.07, 6.45) is 2.38. The van der Waals surface area contributed by atoms with Crippen molar-refractivity contribution in [3.8, 4) is 0 Å². The summed E-state index contributed by atoms with van der Waals surface area (Å²) in [7, 11) is 4.18. The quantitative estimate of drug-likeness (QED) is 0.596. The number of aryl methyl sites for hydroxylation is 1. The van der Waals surface area contributed by atoms with Crippen molar-refractivity contribution in [1.82, 2.24) is 0 Å². The SMILES string of the molecule is CCCC(c1ccc(N(C)C)cc1)c1ccc(N(CC)CC)cc1C. The highest BCUT2D eigenvalue weighted by Crippen LogP contribution is 2.34. The van der Waals surface area contributed by atoms with Gasteiger partial charge in [0.25, 0.3) is 0 Å². The molecule has 0 amide bonds. The average Bonchev–Trinajstić information content (AvgIpc) is 2.61. The third kappa shape index (κ3) is 4.56. The Kier molecular flexibility index (Phi) is 6.92. The Morgan fingerprint density at radius 1 is 0.840 bits per heavy atom. The number of hydrogen-bond donors (Lipinski definition) is 0. The van der Waals surface area contributed by atoms with Crippen LogP contribution in [-0.2, 0) is 0 Å². The molecule has 0 saturated carbocycles. The van der Waals surface area contributed by atoms with Crippen LogP contribution in [0, 0.1) is 6.92 Å². The van der Waals surface area contributed by atoms with Gasteiger partial charge in [0.05, 0.1) is 0 Å². The van der Waals surface area contributed by atoms with Crippen LogP contribution in [0.25, 0.3) is 0 Å². The summed E-state index contributed by atoms with van der Waals surface area (Å²) in [5.41, 5.74) is 6.89. The summed E-state index contributed by atoms with van der Waals surface area (Å²) in [4.78, 5) is 4.57. The van der Waals surface area contributed by atoms with Crippen molar-refractivity contribution in [3.63, 3.8) is 0 Å². The lowest BCUT2D eigenvalue weighted by Crippen LogP contribution is -2.22. The number of nitrogens with zero attached hydrogens (tertiary/aromatic N) is 2. The molecule has 0 aliphatic rings. The van der Waals surface area contributed by atoms with Gasteiger partial charge in [-0.1, -0.05) is 31.5 Å². The molecular formula is C23H34N2. The van der Waals surface area contributed by atoms with Crippen molar-refractivity contribution in [2.45, 2.75) is 46.5 Å². The van der Waals surface area contributed by atoms with Crippen molar-refractivity contribution in [2.24, 2.45) is 0 Å². The first-order chi connectivity index (χ1) is 12.0. The summed E-state index contributed by atoms with van der Waals surface area (Å²) in [5, 5.41) is 0. The molecule has 2 aromatic carbocycles. The number of benzene rings is 2. The molecule has 0 N–H and O–H groups in total. The topological polar surface area (TPSA) is 6.48 Å². The molecule has 0 aliphatic heterocycles. The van der Waals surface area contributed by atoms with Crippen molar-refractivity contribution in [3.05, 3.63) is 59.2 Å². The lowest BCUT2D eigenvalue weighted by molar-refractivity contribution is 0.694. The first-order valence-electron chi connectivity index (χ1n) is 9.64. The molecular weight excluding hydrogens is 304 g/mol. The Morgan fingerprint density at radius 3 is 1.92 bits per heavy atom. The Hall–Kier alpha value is -1.96. The van der Waals surface area contributed by atoms with Gasteiger partial charge in [0.15, 0.2) is 0 Å². The predicted molar refractivity (Wildman–Crippen MR) is 112 cm³/mol. The zero-order valence-electron chi connectivity index (χ0n) is 16.8. The number of anilines is 2. The highest BCUT2D eigenvalue weighted by molar-refractivity contribution is 5.53. The average molecular weight is 339 g/mol. The van der Waals surface area contributed by atoms with Crippen molar-refractivity contribution >= 4 is 11.4 Å². The fraction of sp³-hybridized carbons (Fsp3) is 0.478. The van der Waals surface area contributed by atoms with Gasteiger partial charge in [0, 0.05) is 44.5 Å². The minimum absolute atomic E-state index is 0.479. The van der Waals surface area contributed by atoms with E-state index in [0.717, 1.165) is 13.1 Å². The van der Waals surface area contributed by atoms with E-state index in [4.69, 9.17) is 0 Å². The minimum Gasteiger partial charge on any atom is -0.378 e. The molecule has 2 nitrogen and oxygen atoms in total. The normalized spacial score (nSPS) is 12.1. The second-order valence-corrected chi connectivity index (χ2v) is 7.04. The smallest absolute Gasteiger partial charge is 0.0368 e. The second-order valence-electron chi connectivity index (χ2n) is 7.04. The largest absolute Gasteiger partial charge is 0.378 e. The number of rotatable bonds is 8. The van der Waals surface area contributed by atoms with E-state index >= 15 is 0 Å². The maximum Gasteiger partial charge on any atom is 0.0368 e. The molecule has 25 heavy (non-hydrogen) atoms. The lowest BCUT2D eigenvalue weighted by atomic mass is 9.85. The highest BCUT2D eigenvalue weighted by atomic mass is 15.1. The van der Waals surface area contributed by atoms with Gasteiger partial charge in [0.2, 0.25) is 0 Å². The monoisotopic (exact) mass is 338 g/mol. The fourth-order valence-corrected chi connectivity index (χ4v) is 3.63. The van der Waals surface area contributed by atoms with E-state index in [2.05, 4.69) is 94.1 Å². The molecule has 2 heteroatoms. The van der Waals surface area contributed by atoms with Gasteiger partial charge in [0.1, 0.15) is 0 Å². The summed E-state index contributed by atoms with van der Waals surface area (Å²) in [6.45, 7) is 11.1. The summed E-state index contributed by atoms with van der Waals surface area (Å²) in [6, 6.07) is 16.1. The first-order valence-corrected chi connectivity index (χ1v) is 9.64. The molecule has 2 aromatic rings. The van der Waals surface area contributed by atoms with Gasteiger partial charge in [-0.3, -0.25) is 0 Å². The molecule has 0 aromatic heterocycles. The van der Waals surface area contributed by atoms with Crippen molar-refractivity contribution in [1.29, 1.82) is 0 Å². The molecule has 0 spiro atoms. The predicted octanol–water partition coefficient (Wildman–Crippen LogP) is 5.84. The van der Waals surface area contributed by atoms with Gasteiger partial charge in [-0.15, -0.1) is 0 Å². The Bertz CT molecular complexity index is 654. The van der Waals surface area contributed by atoms with E-state index in [0.29, 0.717) is 5.92 Å². The third-order valence-electron chi connectivity index (χ3n) is 5.15. The van der Waals surface area contributed by atoms with Gasteiger partial charge in [-0.2, -0.15) is 0 Å². The molecule has 0 fully saturated rings. The van der Waals surface area contributed by atoms with Crippen LogP contribution in [0.2, 0.25) is 0 Å². The molecule has 0 aliphatic carbocycles. The van der Waals surface area contributed by atoms with E-state index in [1.165, 1.54) is 40.9 Å². The Labute approximate surface area is 154 Å². The van der Waals surface area contributed by atoms with E-state index in [-0.39, 0.29) is 0 Å². The molecule has 0 saturated heterocycles. The van der Waals surface area contributed by atoms with Crippen LogP contribution in [0.3, 0.4) is 0 Å². The van der Waals surface area contributed by atoms with Gasteiger partial charge < -0.3 is 9.80 Å². The second kappa shape index (κ2) is 8.94. The zero-order valence-corrected chi connectivity index (χ0v) is 16.8. The minimum atomic E-state index is 0.479. The van der Waals surface area contributed by atoms with Gasteiger partial charge >= 0.3 is 0 Å². The van der Waals surface area contributed by atoms with Crippen molar-refractivity contribution < 1.29 is 0 Å². The van der Waals surface area contributed by atoms with E-state index in [1.807, 2.05) is 0 Å². The molecule has 0 bridgehead atoms. The number of hydrogen-bond acceptors (Lipinski definition) is 2. The highest BCUT2D eigenvalue weighted by Gasteiger charge is 2.16. The Morgan fingerprint density at radius 2 is 1.44 bits per heavy atom. The van der Waals surface area contributed by atoms with Crippen LogP contribution in [0.5, 0.6) is 0 Å². The Balaban J connectivity index is 2.36. The van der Waals surface area contributed by atoms with Crippen LogP contribution >= 0.6 is 0 Å². The first kappa shape index (κ1) is 19.4. The summed E-state index contributed by atoms with van der Waals surface area (Å²) in [5.74, 6) is 0.479. The summed E-state index contributed by atoms with van der Waals surface area (Å²) >= 11 is 0. The van der Waals surface area contributed by atoms with E-state index in [9.17, 15) is 0 Å². The zero-order chi connectivity index (χ0) is 18.4. The maximum atomic E-state index is 2.41. The van der Waals surface area contributed by atoms with Gasteiger partial charge in [-0.05, 0) is 68.1 Å². The summed E-state index contributed by atoms with van der Waals surface area (Å²) < 4.78 is 0. The fourth-order valence-electron chi connectivity index (χ4n) is 3.63. The van der Waals surface area contributed by atoms with Crippen LogP contribution in [0.15, 0.2) is 42.5 Å². The molecule has 136 valence electrons. The van der Waals surface area contributed by atoms with Crippen LogP contribution in [-0.4, -0.2) is 27.2 Å². The molecule has 1 atom stereocenters. The molecule has 2 rings (SSSR count). The van der Waals surface area contributed by atoms with E-state index < -0.39 is 0 Å². The van der Waals surface area contributed by atoms with E-state index in [1.54, 1.807) is 0 Å². The van der Waals surface area contributed by atoms with Gasteiger partial charge in [-0.25, -0.2) is 0 Å². The molecule has 0 radical (unpaired) electrons. The van der Waals surface area contributed by atoms with Crippen molar-refractivity contribution in [2.75, 3.05) is 37.0 Å². The van der Waals surface area contributed by atoms with Crippen LogP contribution in [0.4, 0.5) is 11.4 Å². The molecule has 1 unspecified atom stereocenters. The maximum absolute atomic E-state index is 2.41.